The van der Waals surface area contributed by atoms with Crippen LogP contribution in [0.4, 0.5) is 4.79 Å². The van der Waals surface area contributed by atoms with E-state index in [1.165, 1.54) is 27.7 Å². The fourth-order valence-corrected chi connectivity index (χ4v) is 5.96. The van der Waals surface area contributed by atoms with Gasteiger partial charge in [0.1, 0.15) is 12.6 Å². The maximum absolute atomic E-state index is 12.4. The van der Waals surface area contributed by atoms with E-state index in [0.717, 1.165) is 5.56 Å². The summed E-state index contributed by atoms with van der Waals surface area (Å²) in [6.45, 7) is 5.52. The molecule has 1 aromatic carbocycles. The molecule has 0 aliphatic carbocycles. The van der Waals surface area contributed by atoms with Crippen LogP contribution in [0.25, 0.3) is 0 Å². The van der Waals surface area contributed by atoms with Crippen molar-refractivity contribution in [1.29, 1.82) is 0 Å². The van der Waals surface area contributed by atoms with Crippen molar-refractivity contribution in [1.82, 2.24) is 10.6 Å². The Balaban J connectivity index is 1.95. The lowest BCUT2D eigenvalue weighted by Crippen LogP contribution is -2.78. The summed E-state index contributed by atoms with van der Waals surface area (Å²) in [5, 5.41) is 14.4. The summed E-state index contributed by atoms with van der Waals surface area (Å²) in [5.41, 5.74) is 0.779. The standard InChI is InChI=1S/C18H26N2O6S/c1-17(2)15(18(3,4)27(17,24)25)20-14(22)13(10-21)19-16(23)26-11-12-8-6-5-7-9-12/h5-9,13,15,21H,10-11H2,1-4H3,(H,19,23)(H,20,22)/t13-/m1/s1. The summed E-state index contributed by atoms with van der Waals surface area (Å²) in [6, 6.07) is 7.10. The van der Waals surface area contributed by atoms with Crippen molar-refractivity contribution >= 4 is 21.8 Å². The number of carbonyl (C=O) groups excluding carboxylic acids is 2. The van der Waals surface area contributed by atoms with Crippen molar-refractivity contribution in [2.45, 2.75) is 55.9 Å². The maximum atomic E-state index is 12.4. The normalized spacial score (nSPS) is 20.8. The zero-order valence-corrected chi connectivity index (χ0v) is 16.7. The number of aliphatic hydroxyl groups is 1. The van der Waals surface area contributed by atoms with Crippen LogP contribution in [0, 0.1) is 0 Å². The van der Waals surface area contributed by atoms with E-state index in [0.29, 0.717) is 0 Å². The molecule has 1 aliphatic heterocycles. The average Bonchev–Trinajstić information content (AvgIpc) is 2.62. The number of alkyl carbamates (subject to hydrolysis) is 1. The van der Waals surface area contributed by atoms with E-state index in [9.17, 15) is 23.1 Å². The first-order valence-corrected chi connectivity index (χ1v) is 10.1. The highest BCUT2D eigenvalue weighted by molar-refractivity contribution is 7.95. The zero-order chi connectivity index (χ0) is 20.5. The monoisotopic (exact) mass is 398 g/mol. The third-order valence-corrected chi connectivity index (χ3v) is 8.31. The maximum Gasteiger partial charge on any atom is 0.408 e. The average molecular weight is 398 g/mol. The lowest BCUT2D eigenvalue weighted by Gasteiger charge is -2.56. The first-order chi connectivity index (χ1) is 12.4. The van der Waals surface area contributed by atoms with Gasteiger partial charge in [0.25, 0.3) is 0 Å². The van der Waals surface area contributed by atoms with Gasteiger partial charge in [0, 0.05) is 0 Å². The zero-order valence-electron chi connectivity index (χ0n) is 15.9. The number of benzene rings is 1. The second kappa shape index (κ2) is 7.47. The predicted molar refractivity (Wildman–Crippen MR) is 99.6 cm³/mol. The van der Waals surface area contributed by atoms with E-state index in [1.807, 2.05) is 6.07 Å². The summed E-state index contributed by atoms with van der Waals surface area (Å²) in [7, 11) is -3.42. The van der Waals surface area contributed by atoms with Gasteiger partial charge >= 0.3 is 6.09 Å². The molecule has 0 bridgehead atoms. The van der Waals surface area contributed by atoms with E-state index in [1.54, 1.807) is 24.3 Å². The van der Waals surface area contributed by atoms with Crippen LogP contribution in [0.5, 0.6) is 0 Å². The number of hydrogen-bond donors (Lipinski definition) is 3. The van der Waals surface area contributed by atoms with Gasteiger partial charge in [-0.2, -0.15) is 0 Å². The molecule has 1 aromatic rings. The van der Waals surface area contributed by atoms with E-state index >= 15 is 0 Å². The summed E-state index contributed by atoms with van der Waals surface area (Å²) in [4.78, 5) is 24.3. The van der Waals surface area contributed by atoms with Gasteiger partial charge in [0.05, 0.1) is 22.1 Å². The van der Waals surface area contributed by atoms with Gasteiger partial charge in [-0.3, -0.25) is 4.79 Å². The van der Waals surface area contributed by atoms with Crippen LogP contribution in [0.2, 0.25) is 0 Å². The SMILES string of the molecule is CC1(C)C(NC(=O)[C@@H](CO)NC(=O)OCc2ccccc2)C(C)(C)S1(=O)=O. The van der Waals surface area contributed by atoms with Gasteiger partial charge in [-0.25, -0.2) is 13.2 Å². The lowest BCUT2D eigenvalue weighted by molar-refractivity contribution is -0.125. The molecule has 0 saturated carbocycles. The molecular weight excluding hydrogens is 372 g/mol. The molecule has 1 saturated heterocycles. The molecule has 2 rings (SSSR count). The Hall–Kier alpha value is -2.13. The first kappa shape index (κ1) is 21.2. The van der Waals surface area contributed by atoms with E-state index in [2.05, 4.69) is 10.6 Å². The van der Waals surface area contributed by atoms with Crippen molar-refractivity contribution in [2.75, 3.05) is 6.61 Å². The largest absolute Gasteiger partial charge is 0.445 e. The topological polar surface area (TPSA) is 122 Å². The lowest BCUT2D eigenvalue weighted by atomic mass is 9.89. The number of rotatable bonds is 6. The smallest absolute Gasteiger partial charge is 0.408 e. The molecule has 0 spiro atoms. The number of ether oxygens (including phenoxy) is 1. The highest BCUT2D eigenvalue weighted by Crippen LogP contribution is 2.48. The van der Waals surface area contributed by atoms with E-state index in [-0.39, 0.29) is 6.61 Å². The number of carbonyl (C=O) groups is 2. The molecule has 0 radical (unpaired) electrons. The quantitative estimate of drug-likeness (QED) is 0.650. The molecule has 3 N–H and O–H groups in total. The highest BCUT2D eigenvalue weighted by atomic mass is 32.2. The predicted octanol–water partition coefficient (Wildman–Crippen LogP) is 0.744. The van der Waals surface area contributed by atoms with Crippen molar-refractivity contribution in [3.63, 3.8) is 0 Å². The molecule has 1 fully saturated rings. The fourth-order valence-electron chi connectivity index (χ4n) is 3.46. The van der Waals surface area contributed by atoms with Gasteiger partial charge in [0.2, 0.25) is 5.91 Å². The van der Waals surface area contributed by atoms with Crippen molar-refractivity contribution in [3.05, 3.63) is 35.9 Å². The minimum atomic E-state index is -3.42. The Morgan fingerprint density at radius 2 is 1.70 bits per heavy atom. The summed E-state index contributed by atoms with van der Waals surface area (Å²) >= 11 is 0. The second-order valence-corrected chi connectivity index (χ2v) is 10.7. The first-order valence-electron chi connectivity index (χ1n) is 8.57. The molecule has 2 amide bonds. The van der Waals surface area contributed by atoms with Crippen LogP contribution < -0.4 is 10.6 Å². The van der Waals surface area contributed by atoms with Crippen molar-refractivity contribution in [2.24, 2.45) is 0 Å². The third kappa shape index (κ3) is 3.79. The van der Waals surface area contributed by atoms with Gasteiger partial charge < -0.3 is 20.5 Å². The van der Waals surface area contributed by atoms with Crippen molar-refractivity contribution in [3.8, 4) is 0 Å². The van der Waals surface area contributed by atoms with E-state index < -0.39 is 50.0 Å². The van der Waals surface area contributed by atoms with Crippen LogP contribution in [0.3, 0.4) is 0 Å². The minimum Gasteiger partial charge on any atom is -0.445 e. The number of sulfone groups is 1. The Labute approximate surface area is 159 Å². The van der Waals surface area contributed by atoms with Gasteiger partial charge in [-0.05, 0) is 33.3 Å². The van der Waals surface area contributed by atoms with Crippen LogP contribution in [0.15, 0.2) is 30.3 Å². The second-order valence-electron chi connectivity index (χ2n) is 7.59. The molecule has 0 aromatic heterocycles. The number of amides is 2. The molecule has 1 aliphatic rings. The number of hydrogen-bond acceptors (Lipinski definition) is 6. The number of nitrogens with one attached hydrogen (secondary N) is 2. The molecule has 1 atom stereocenters. The Morgan fingerprint density at radius 3 is 2.22 bits per heavy atom. The van der Waals surface area contributed by atoms with Crippen LogP contribution >= 0.6 is 0 Å². The molecule has 8 nitrogen and oxygen atoms in total. The molecular formula is C18H26N2O6S. The Kier molecular flexibility index (Phi) is 5.86. The summed E-state index contributed by atoms with van der Waals surface area (Å²) in [6.07, 6.45) is -0.854. The molecule has 0 unspecified atom stereocenters. The molecule has 1 heterocycles. The van der Waals surface area contributed by atoms with Gasteiger partial charge in [-0.1, -0.05) is 30.3 Å². The Bertz CT molecular complexity index is 782. The third-order valence-electron chi connectivity index (χ3n) is 5.07. The Morgan fingerprint density at radius 1 is 1.15 bits per heavy atom. The van der Waals surface area contributed by atoms with Gasteiger partial charge in [-0.15, -0.1) is 0 Å². The molecule has 9 heteroatoms. The minimum absolute atomic E-state index is 0.0212. The van der Waals surface area contributed by atoms with E-state index in [4.69, 9.17) is 4.74 Å². The number of aliphatic hydroxyl groups excluding tert-OH is 1. The highest BCUT2D eigenvalue weighted by Gasteiger charge is 2.67. The van der Waals surface area contributed by atoms with Crippen molar-refractivity contribution < 1.29 is 27.9 Å². The molecule has 27 heavy (non-hydrogen) atoms. The summed E-state index contributed by atoms with van der Waals surface area (Å²) < 4.78 is 27.4. The van der Waals surface area contributed by atoms with Crippen LogP contribution in [-0.2, 0) is 26.0 Å². The van der Waals surface area contributed by atoms with Crippen LogP contribution in [-0.4, -0.2) is 53.7 Å². The van der Waals surface area contributed by atoms with Crippen LogP contribution in [0.1, 0.15) is 33.3 Å². The van der Waals surface area contributed by atoms with Gasteiger partial charge in [0.15, 0.2) is 9.84 Å². The molecule has 150 valence electrons. The fraction of sp³-hybridized carbons (Fsp3) is 0.556. The summed E-state index contributed by atoms with van der Waals surface area (Å²) in [5.74, 6) is -0.671.